The molecule has 0 heterocycles. The van der Waals surface area contributed by atoms with E-state index in [2.05, 4.69) is 12.1 Å². The third-order valence-electron chi connectivity index (χ3n) is 3.35. The zero-order valence-electron chi connectivity index (χ0n) is 12.2. The molecule has 0 saturated carbocycles. The third kappa shape index (κ3) is 3.58. The molecule has 0 fully saturated rings. The molecule has 0 radical (unpaired) electrons. The summed E-state index contributed by atoms with van der Waals surface area (Å²) in [6.45, 7) is 0. The minimum atomic E-state index is 0.688. The molecule has 0 aromatic heterocycles. The smallest absolute Gasteiger partial charge is 0.129 e. The second kappa shape index (κ2) is 6.22. The van der Waals surface area contributed by atoms with E-state index in [1.807, 2.05) is 60.7 Å². The van der Waals surface area contributed by atoms with Gasteiger partial charge in [-0.2, -0.15) is 0 Å². The zero-order chi connectivity index (χ0) is 15.4. The lowest BCUT2D eigenvalue weighted by molar-refractivity contribution is 0.482. The summed E-state index contributed by atoms with van der Waals surface area (Å²) in [7, 11) is 0. The molecule has 3 aromatic rings. The minimum absolute atomic E-state index is 0.688. The molecule has 0 spiro atoms. The van der Waals surface area contributed by atoms with Crippen LogP contribution in [0.15, 0.2) is 72.8 Å². The second-order valence-electron chi connectivity index (χ2n) is 5.24. The Morgan fingerprint density at radius 1 is 0.636 bits per heavy atom. The fourth-order valence-electron chi connectivity index (χ4n) is 2.37. The van der Waals surface area contributed by atoms with Crippen molar-refractivity contribution in [2.24, 2.45) is 0 Å². The van der Waals surface area contributed by atoms with Crippen molar-refractivity contribution in [1.82, 2.24) is 0 Å². The van der Waals surface area contributed by atoms with Crippen LogP contribution in [0.2, 0.25) is 0 Å². The van der Waals surface area contributed by atoms with E-state index in [0.717, 1.165) is 23.6 Å². The number of benzene rings is 3. The standard InChI is InChI=1S/C19H18N2O/c20-16-6-1-4-14(11-16)10-15-5-2-8-18(12-15)22-19-9-3-7-17(21)13-19/h1-9,11-13H,10,20-21H2. The first kappa shape index (κ1) is 14.0. The largest absolute Gasteiger partial charge is 0.457 e. The van der Waals surface area contributed by atoms with Crippen molar-refractivity contribution in [2.45, 2.75) is 6.42 Å². The molecule has 4 N–H and O–H groups in total. The summed E-state index contributed by atoms with van der Waals surface area (Å²) in [5, 5.41) is 0. The Bertz CT molecular complexity index is 721. The van der Waals surface area contributed by atoms with Gasteiger partial charge in [0.15, 0.2) is 0 Å². The summed E-state index contributed by atoms with van der Waals surface area (Å²) >= 11 is 0. The summed E-state index contributed by atoms with van der Waals surface area (Å²) < 4.78 is 5.86. The molecule has 3 heteroatoms. The van der Waals surface area contributed by atoms with Crippen LogP contribution < -0.4 is 16.2 Å². The number of anilines is 2. The maximum atomic E-state index is 5.86. The number of hydrogen-bond acceptors (Lipinski definition) is 3. The maximum absolute atomic E-state index is 5.86. The zero-order valence-corrected chi connectivity index (χ0v) is 12.2. The van der Waals surface area contributed by atoms with Gasteiger partial charge < -0.3 is 16.2 Å². The van der Waals surface area contributed by atoms with Crippen LogP contribution in [0.1, 0.15) is 11.1 Å². The van der Waals surface area contributed by atoms with Crippen molar-refractivity contribution in [3.05, 3.63) is 83.9 Å². The van der Waals surface area contributed by atoms with Crippen LogP contribution in [-0.2, 0) is 6.42 Å². The molecule has 110 valence electrons. The summed E-state index contributed by atoms with van der Waals surface area (Å²) in [6, 6.07) is 23.4. The van der Waals surface area contributed by atoms with Gasteiger partial charge in [-0.05, 0) is 53.9 Å². The molecule has 3 aromatic carbocycles. The lowest BCUT2D eigenvalue weighted by Crippen LogP contribution is -1.92. The average molecular weight is 290 g/mol. The third-order valence-corrected chi connectivity index (χ3v) is 3.35. The van der Waals surface area contributed by atoms with Crippen molar-refractivity contribution >= 4 is 11.4 Å². The highest BCUT2D eigenvalue weighted by atomic mass is 16.5. The lowest BCUT2D eigenvalue weighted by atomic mass is 10.0. The van der Waals surface area contributed by atoms with Gasteiger partial charge in [0.25, 0.3) is 0 Å². The molecule has 0 unspecified atom stereocenters. The first-order valence-electron chi connectivity index (χ1n) is 7.16. The van der Waals surface area contributed by atoms with Gasteiger partial charge in [0.05, 0.1) is 0 Å². The number of nitrogens with two attached hydrogens (primary N) is 2. The van der Waals surface area contributed by atoms with Crippen molar-refractivity contribution in [1.29, 1.82) is 0 Å². The number of nitrogen functional groups attached to an aromatic ring is 2. The predicted octanol–water partition coefficient (Wildman–Crippen LogP) is 4.23. The van der Waals surface area contributed by atoms with E-state index >= 15 is 0 Å². The van der Waals surface area contributed by atoms with Crippen molar-refractivity contribution in [3.8, 4) is 11.5 Å². The molecular formula is C19H18N2O. The molecule has 3 rings (SSSR count). The van der Waals surface area contributed by atoms with E-state index in [4.69, 9.17) is 16.2 Å². The van der Waals surface area contributed by atoms with Gasteiger partial charge in [-0.3, -0.25) is 0 Å². The van der Waals surface area contributed by atoms with Crippen molar-refractivity contribution in [2.75, 3.05) is 11.5 Å². The normalized spacial score (nSPS) is 10.4. The molecule has 3 nitrogen and oxygen atoms in total. The van der Waals surface area contributed by atoms with E-state index in [9.17, 15) is 0 Å². The Balaban J connectivity index is 1.78. The summed E-state index contributed by atoms with van der Waals surface area (Å²) in [5.41, 5.74) is 15.4. The number of rotatable bonds is 4. The van der Waals surface area contributed by atoms with Crippen LogP contribution in [0.4, 0.5) is 11.4 Å². The van der Waals surface area contributed by atoms with Crippen molar-refractivity contribution < 1.29 is 4.74 Å². The van der Waals surface area contributed by atoms with Gasteiger partial charge in [0, 0.05) is 17.4 Å². The molecule has 0 aliphatic rings. The molecular weight excluding hydrogens is 272 g/mol. The fourth-order valence-corrected chi connectivity index (χ4v) is 2.37. The van der Waals surface area contributed by atoms with Crippen LogP contribution in [0.3, 0.4) is 0 Å². The highest BCUT2D eigenvalue weighted by Gasteiger charge is 2.01. The van der Waals surface area contributed by atoms with Crippen LogP contribution >= 0.6 is 0 Å². The fraction of sp³-hybridized carbons (Fsp3) is 0.0526. The van der Waals surface area contributed by atoms with E-state index in [-0.39, 0.29) is 0 Å². The molecule has 0 saturated heterocycles. The van der Waals surface area contributed by atoms with E-state index in [1.165, 1.54) is 11.1 Å². The Morgan fingerprint density at radius 3 is 1.86 bits per heavy atom. The van der Waals surface area contributed by atoms with Crippen molar-refractivity contribution in [3.63, 3.8) is 0 Å². The van der Waals surface area contributed by atoms with Gasteiger partial charge in [-0.15, -0.1) is 0 Å². The first-order valence-corrected chi connectivity index (χ1v) is 7.16. The molecule has 0 atom stereocenters. The molecule has 0 aliphatic carbocycles. The van der Waals surface area contributed by atoms with E-state index in [1.54, 1.807) is 0 Å². The average Bonchev–Trinajstić information content (AvgIpc) is 2.47. The molecule has 0 aliphatic heterocycles. The summed E-state index contributed by atoms with van der Waals surface area (Å²) in [4.78, 5) is 0. The second-order valence-corrected chi connectivity index (χ2v) is 5.24. The van der Waals surface area contributed by atoms with Crippen LogP contribution in [0.25, 0.3) is 0 Å². The Kier molecular flexibility index (Phi) is 3.97. The summed E-state index contributed by atoms with van der Waals surface area (Å²) in [5.74, 6) is 1.54. The maximum Gasteiger partial charge on any atom is 0.129 e. The van der Waals surface area contributed by atoms with Gasteiger partial charge >= 0.3 is 0 Å². The van der Waals surface area contributed by atoms with Gasteiger partial charge in [0.1, 0.15) is 11.5 Å². The van der Waals surface area contributed by atoms with E-state index in [0.29, 0.717) is 5.69 Å². The van der Waals surface area contributed by atoms with Crippen LogP contribution in [0.5, 0.6) is 11.5 Å². The van der Waals surface area contributed by atoms with Gasteiger partial charge in [0.2, 0.25) is 0 Å². The van der Waals surface area contributed by atoms with Gasteiger partial charge in [-0.25, -0.2) is 0 Å². The molecule has 22 heavy (non-hydrogen) atoms. The van der Waals surface area contributed by atoms with E-state index < -0.39 is 0 Å². The van der Waals surface area contributed by atoms with Crippen LogP contribution in [0, 0.1) is 0 Å². The van der Waals surface area contributed by atoms with Gasteiger partial charge in [-0.1, -0.05) is 30.3 Å². The lowest BCUT2D eigenvalue weighted by Gasteiger charge is -2.09. The quantitative estimate of drug-likeness (QED) is 0.707. The predicted molar refractivity (Wildman–Crippen MR) is 91.0 cm³/mol. The van der Waals surface area contributed by atoms with Crippen LogP contribution in [-0.4, -0.2) is 0 Å². The SMILES string of the molecule is Nc1cccc(Cc2cccc(Oc3cccc(N)c3)c2)c1. The Labute approximate surface area is 130 Å². The first-order chi connectivity index (χ1) is 10.7. The minimum Gasteiger partial charge on any atom is -0.457 e. The highest BCUT2D eigenvalue weighted by molar-refractivity contribution is 5.46. The topological polar surface area (TPSA) is 61.3 Å². The molecule has 0 amide bonds. The highest BCUT2D eigenvalue weighted by Crippen LogP contribution is 2.24. The number of ether oxygens (including phenoxy) is 1. The Hall–Kier alpha value is -2.94. The Morgan fingerprint density at radius 2 is 1.18 bits per heavy atom. The number of hydrogen-bond donors (Lipinski definition) is 2. The monoisotopic (exact) mass is 290 g/mol. The summed E-state index contributed by atoms with van der Waals surface area (Å²) in [6.07, 6.45) is 0.819. The molecule has 0 bridgehead atoms.